The van der Waals surface area contributed by atoms with Crippen LogP contribution >= 0.6 is 15.9 Å². The molecule has 8 heteroatoms. The molecule has 1 heterocycles. The number of hydrogen-bond acceptors (Lipinski definition) is 6. The number of aliphatic hydroxyl groups excluding tert-OH is 1. The van der Waals surface area contributed by atoms with Gasteiger partial charge in [0.2, 0.25) is 5.76 Å². The molecule has 0 radical (unpaired) electrons. The maximum atomic E-state index is 12.2. The van der Waals surface area contributed by atoms with Crippen LogP contribution in [0.4, 0.5) is 0 Å². The van der Waals surface area contributed by atoms with Gasteiger partial charge in [0.25, 0.3) is 0 Å². The maximum absolute atomic E-state index is 12.2. The molecule has 0 aliphatic rings. The molecular weight excluding hydrogens is 420 g/mol. The zero-order valence-corrected chi connectivity index (χ0v) is 15.5. The third-order valence-corrected chi connectivity index (χ3v) is 4.14. The summed E-state index contributed by atoms with van der Waals surface area (Å²) in [4.78, 5) is 23.2. The molecule has 0 aliphatic carbocycles. The molecule has 0 aliphatic heterocycles. The number of aliphatic hydroxyl groups is 1. The highest BCUT2D eigenvalue weighted by atomic mass is 79.9. The van der Waals surface area contributed by atoms with Gasteiger partial charge in [-0.25, -0.2) is 4.79 Å². The summed E-state index contributed by atoms with van der Waals surface area (Å²) < 4.78 is 17.1. The average molecular weight is 435 g/mol. The minimum Gasteiger partial charge on any atom is -0.491 e. The number of carbonyl (C=O) groups is 1. The van der Waals surface area contributed by atoms with E-state index in [-0.39, 0.29) is 29.9 Å². The lowest BCUT2D eigenvalue weighted by Crippen LogP contribution is -2.25. The molecule has 3 aromatic rings. The van der Waals surface area contributed by atoms with Crippen LogP contribution in [0.25, 0.3) is 11.0 Å². The molecule has 1 aromatic heterocycles. The summed E-state index contributed by atoms with van der Waals surface area (Å²) in [6.07, 6.45) is -0.936. The Kier molecular flexibility index (Phi) is 5.78. The first-order valence-electron chi connectivity index (χ1n) is 7.93. The normalized spacial score (nSPS) is 11.9. The molecule has 27 heavy (non-hydrogen) atoms. The molecule has 2 N–H and O–H groups in total. The van der Waals surface area contributed by atoms with Crippen LogP contribution in [0.3, 0.4) is 0 Å². The van der Waals surface area contributed by atoms with Crippen molar-refractivity contribution in [1.82, 2.24) is 0 Å². The second-order valence-corrected chi connectivity index (χ2v) is 6.55. The van der Waals surface area contributed by atoms with Gasteiger partial charge in [-0.15, -0.1) is 0 Å². The van der Waals surface area contributed by atoms with Gasteiger partial charge in [-0.1, -0.05) is 22.0 Å². The second-order valence-electron chi connectivity index (χ2n) is 5.64. The number of aromatic carboxylic acids is 1. The molecule has 0 fully saturated rings. The summed E-state index contributed by atoms with van der Waals surface area (Å²) in [6.45, 7) is -0.111. The summed E-state index contributed by atoms with van der Waals surface area (Å²) in [5, 5.41) is 19.1. The van der Waals surface area contributed by atoms with Crippen molar-refractivity contribution in [3.63, 3.8) is 0 Å². The molecule has 7 nitrogen and oxygen atoms in total. The highest BCUT2D eigenvalue weighted by molar-refractivity contribution is 9.10. The smallest absolute Gasteiger partial charge is 0.371 e. The number of fused-ring (bicyclic) bond motifs is 1. The molecule has 0 amide bonds. The molecular formula is C19H15BrO7. The fourth-order valence-corrected chi connectivity index (χ4v) is 2.63. The van der Waals surface area contributed by atoms with Crippen LogP contribution in [0.5, 0.6) is 11.5 Å². The van der Waals surface area contributed by atoms with E-state index < -0.39 is 23.3 Å². The molecule has 0 spiro atoms. The maximum Gasteiger partial charge on any atom is 0.371 e. The second kappa shape index (κ2) is 8.24. The lowest BCUT2D eigenvalue weighted by molar-refractivity contribution is 0.0631. The number of rotatable bonds is 7. The third kappa shape index (κ3) is 4.66. The first-order chi connectivity index (χ1) is 12.9. The van der Waals surface area contributed by atoms with Crippen LogP contribution in [-0.2, 0) is 0 Å². The Balaban J connectivity index is 1.68. The van der Waals surface area contributed by atoms with Crippen molar-refractivity contribution in [3.8, 4) is 11.5 Å². The Labute approximate surface area is 161 Å². The lowest BCUT2D eigenvalue weighted by Gasteiger charge is -2.14. The van der Waals surface area contributed by atoms with E-state index in [1.54, 1.807) is 24.3 Å². The molecule has 0 saturated heterocycles. The SMILES string of the molecule is O=C(O)c1cc(=O)c2c(OCC(O)COc3ccc(Br)cc3)cccc2o1. The van der Waals surface area contributed by atoms with E-state index in [1.807, 2.05) is 12.1 Å². The lowest BCUT2D eigenvalue weighted by atomic mass is 10.2. The van der Waals surface area contributed by atoms with E-state index in [1.165, 1.54) is 6.07 Å². The van der Waals surface area contributed by atoms with Crippen molar-refractivity contribution in [2.45, 2.75) is 6.10 Å². The highest BCUT2D eigenvalue weighted by Gasteiger charge is 2.15. The Hall–Kier alpha value is -2.84. The topological polar surface area (TPSA) is 106 Å². The zero-order chi connectivity index (χ0) is 19.4. The van der Waals surface area contributed by atoms with Crippen molar-refractivity contribution in [2.24, 2.45) is 0 Å². The molecule has 0 saturated carbocycles. The van der Waals surface area contributed by atoms with Crippen molar-refractivity contribution < 1.29 is 28.9 Å². The minimum absolute atomic E-state index is 0.00413. The van der Waals surface area contributed by atoms with Gasteiger partial charge >= 0.3 is 5.97 Å². The molecule has 2 aromatic carbocycles. The van der Waals surface area contributed by atoms with Gasteiger partial charge in [0.05, 0.1) is 0 Å². The van der Waals surface area contributed by atoms with Gasteiger partial charge in [0.1, 0.15) is 41.8 Å². The fourth-order valence-electron chi connectivity index (χ4n) is 2.36. The van der Waals surface area contributed by atoms with Gasteiger partial charge in [0.15, 0.2) is 5.43 Å². The number of hydrogen-bond donors (Lipinski definition) is 2. The predicted octanol–water partition coefficient (Wildman–Crippen LogP) is 3.07. The van der Waals surface area contributed by atoms with E-state index in [0.29, 0.717) is 5.75 Å². The quantitative estimate of drug-likeness (QED) is 0.588. The number of carboxylic acid groups (broad SMARTS) is 1. The highest BCUT2D eigenvalue weighted by Crippen LogP contribution is 2.23. The molecule has 1 unspecified atom stereocenters. The van der Waals surface area contributed by atoms with Crippen LogP contribution in [0.15, 0.2) is 62.2 Å². The number of benzene rings is 2. The Morgan fingerprint density at radius 3 is 2.52 bits per heavy atom. The third-order valence-electron chi connectivity index (χ3n) is 3.61. The van der Waals surface area contributed by atoms with Crippen LogP contribution in [-0.4, -0.2) is 35.5 Å². The van der Waals surface area contributed by atoms with Crippen molar-refractivity contribution >= 4 is 32.9 Å². The summed E-state index contributed by atoms with van der Waals surface area (Å²) in [5.41, 5.74) is -0.442. The van der Waals surface area contributed by atoms with Crippen LogP contribution in [0.1, 0.15) is 10.6 Å². The van der Waals surface area contributed by atoms with Crippen molar-refractivity contribution in [2.75, 3.05) is 13.2 Å². The first-order valence-corrected chi connectivity index (χ1v) is 8.73. The first kappa shape index (κ1) is 18.9. The molecule has 1 atom stereocenters. The Morgan fingerprint density at radius 2 is 1.81 bits per heavy atom. The molecule has 0 bridgehead atoms. The summed E-state index contributed by atoms with van der Waals surface area (Å²) in [7, 11) is 0. The van der Waals surface area contributed by atoms with E-state index in [2.05, 4.69) is 15.9 Å². The number of halogens is 1. The van der Waals surface area contributed by atoms with Crippen molar-refractivity contribution in [3.05, 3.63) is 69.0 Å². The summed E-state index contributed by atoms with van der Waals surface area (Å²) in [6, 6.07) is 12.6. The zero-order valence-electron chi connectivity index (χ0n) is 13.9. The van der Waals surface area contributed by atoms with E-state index >= 15 is 0 Å². The standard InChI is InChI=1S/C19H15BrO7/c20-11-4-6-13(7-5-11)25-9-12(21)10-26-15-2-1-3-16-18(15)14(22)8-17(27-16)19(23)24/h1-8,12,21H,9-10H2,(H,23,24). The van der Waals surface area contributed by atoms with Gasteiger partial charge < -0.3 is 24.1 Å². The van der Waals surface area contributed by atoms with Crippen LogP contribution in [0.2, 0.25) is 0 Å². The summed E-state index contributed by atoms with van der Waals surface area (Å²) in [5.74, 6) is -0.987. The van der Waals surface area contributed by atoms with Gasteiger partial charge in [-0.3, -0.25) is 4.79 Å². The van der Waals surface area contributed by atoms with Gasteiger partial charge in [0, 0.05) is 10.5 Å². The predicted molar refractivity (Wildman–Crippen MR) is 101 cm³/mol. The fraction of sp³-hybridized carbons (Fsp3) is 0.158. The Bertz CT molecular complexity index is 1010. The van der Waals surface area contributed by atoms with E-state index in [0.717, 1.165) is 10.5 Å². The largest absolute Gasteiger partial charge is 0.491 e. The molecule has 3 rings (SSSR count). The average Bonchev–Trinajstić information content (AvgIpc) is 2.65. The number of ether oxygens (including phenoxy) is 2. The van der Waals surface area contributed by atoms with E-state index in [9.17, 15) is 14.7 Å². The van der Waals surface area contributed by atoms with Gasteiger partial charge in [-0.2, -0.15) is 0 Å². The Morgan fingerprint density at radius 1 is 1.11 bits per heavy atom. The van der Waals surface area contributed by atoms with Crippen LogP contribution < -0.4 is 14.9 Å². The van der Waals surface area contributed by atoms with Gasteiger partial charge in [-0.05, 0) is 36.4 Å². The molecule has 140 valence electrons. The monoisotopic (exact) mass is 434 g/mol. The van der Waals surface area contributed by atoms with Crippen LogP contribution in [0, 0.1) is 0 Å². The van der Waals surface area contributed by atoms with E-state index in [4.69, 9.17) is 19.0 Å². The van der Waals surface area contributed by atoms with Crippen molar-refractivity contribution in [1.29, 1.82) is 0 Å². The minimum atomic E-state index is -1.33. The summed E-state index contributed by atoms with van der Waals surface area (Å²) >= 11 is 3.32. The number of carboxylic acids is 1.